The van der Waals surface area contributed by atoms with Crippen LogP contribution in [-0.4, -0.2) is 5.78 Å². The number of carbonyl (C=O) groups excluding carboxylic acids is 1. The lowest BCUT2D eigenvalue weighted by molar-refractivity contribution is -0.137. The van der Waals surface area contributed by atoms with Crippen LogP contribution in [-0.2, 0) is 6.18 Å². The monoisotopic (exact) mass is 236 g/mol. The van der Waals surface area contributed by atoms with Gasteiger partial charge < -0.3 is 0 Å². The third-order valence-corrected chi connectivity index (χ3v) is 2.24. The minimum absolute atomic E-state index is 0.0363. The van der Waals surface area contributed by atoms with Gasteiger partial charge in [0.1, 0.15) is 0 Å². The van der Waals surface area contributed by atoms with Gasteiger partial charge >= 0.3 is 6.18 Å². The summed E-state index contributed by atoms with van der Waals surface area (Å²) >= 11 is 5.40. The number of rotatable bonds is 2. The van der Waals surface area contributed by atoms with E-state index in [0.29, 0.717) is 0 Å². The Morgan fingerprint density at radius 1 is 1.40 bits per heavy atom. The van der Waals surface area contributed by atoms with Crippen molar-refractivity contribution in [2.45, 2.75) is 19.5 Å². The minimum atomic E-state index is -4.53. The number of hydrogen-bond acceptors (Lipinski definition) is 1. The maximum absolute atomic E-state index is 12.4. The van der Waals surface area contributed by atoms with Crippen molar-refractivity contribution in [3.8, 4) is 0 Å². The van der Waals surface area contributed by atoms with Crippen molar-refractivity contribution >= 4 is 17.4 Å². The third kappa shape index (κ3) is 2.72. The number of hydrogen-bond donors (Lipinski definition) is 0. The van der Waals surface area contributed by atoms with Crippen LogP contribution in [0.25, 0.3) is 0 Å². The van der Waals surface area contributed by atoms with Crippen molar-refractivity contribution in [2.24, 2.45) is 0 Å². The van der Waals surface area contributed by atoms with Gasteiger partial charge in [0.2, 0.25) is 0 Å². The van der Waals surface area contributed by atoms with Gasteiger partial charge in [-0.3, -0.25) is 4.79 Å². The van der Waals surface area contributed by atoms with E-state index in [0.717, 1.165) is 12.1 Å². The van der Waals surface area contributed by atoms with E-state index in [1.165, 1.54) is 6.07 Å². The Morgan fingerprint density at radius 3 is 2.47 bits per heavy atom. The molecule has 0 aliphatic carbocycles. The highest BCUT2D eigenvalue weighted by Crippen LogP contribution is 2.35. The fraction of sp³-hybridized carbons (Fsp3) is 0.300. The molecule has 0 radical (unpaired) electrons. The van der Waals surface area contributed by atoms with Crippen LogP contribution < -0.4 is 0 Å². The zero-order valence-corrected chi connectivity index (χ0v) is 8.62. The molecule has 1 aromatic carbocycles. The number of benzene rings is 1. The van der Waals surface area contributed by atoms with E-state index < -0.39 is 16.8 Å². The molecule has 0 aliphatic rings. The molecule has 1 aromatic rings. The standard InChI is InChI=1S/C10H8ClF3O/c1-2-9(15)6-3-4-8(11)7(5-6)10(12,13)14/h3-5H,2H2,1H3. The van der Waals surface area contributed by atoms with Crippen molar-refractivity contribution in [3.63, 3.8) is 0 Å². The lowest BCUT2D eigenvalue weighted by Gasteiger charge is -2.09. The van der Waals surface area contributed by atoms with Gasteiger partial charge in [-0.25, -0.2) is 0 Å². The molecule has 0 bridgehead atoms. The first-order valence-corrected chi connectivity index (χ1v) is 4.64. The van der Waals surface area contributed by atoms with E-state index in [2.05, 4.69) is 0 Å². The summed E-state index contributed by atoms with van der Waals surface area (Å²) in [6, 6.07) is 3.17. The van der Waals surface area contributed by atoms with Crippen LogP contribution in [0, 0.1) is 0 Å². The van der Waals surface area contributed by atoms with Crippen molar-refractivity contribution in [1.29, 1.82) is 0 Å². The summed E-state index contributed by atoms with van der Waals surface area (Å²) in [7, 11) is 0. The summed E-state index contributed by atoms with van der Waals surface area (Å²) in [4.78, 5) is 11.2. The van der Waals surface area contributed by atoms with Crippen molar-refractivity contribution < 1.29 is 18.0 Å². The van der Waals surface area contributed by atoms with E-state index >= 15 is 0 Å². The molecular weight excluding hydrogens is 229 g/mol. The second-order valence-electron chi connectivity index (χ2n) is 2.97. The molecule has 1 rings (SSSR count). The van der Waals surface area contributed by atoms with Gasteiger partial charge in [0.15, 0.2) is 5.78 Å². The fourth-order valence-corrected chi connectivity index (χ4v) is 1.34. The quantitative estimate of drug-likeness (QED) is 0.711. The molecule has 0 aliphatic heterocycles. The highest BCUT2D eigenvalue weighted by atomic mass is 35.5. The molecule has 0 atom stereocenters. The molecule has 0 fully saturated rings. The molecule has 0 spiro atoms. The summed E-state index contributed by atoms with van der Waals surface area (Å²) < 4.78 is 37.2. The smallest absolute Gasteiger partial charge is 0.294 e. The molecule has 0 heterocycles. The number of halogens is 4. The molecular formula is C10H8ClF3O. The maximum atomic E-state index is 12.4. The van der Waals surface area contributed by atoms with Crippen molar-refractivity contribution in [3.05, 3.63) is 34.3 Å². The molecule has 1 nitrogen and oxygen atoms in total. The van der Waals surface area contributed by atoms with Crippen molar-refractivity contribution in [1.82, 2.24) is 0 Å². The summed E-state index contributed by atoms with van der Waals surface area (Å²) in [6.45, 7) is 1.59. The molecule has 0 aromatic heterocycles. The van der Waals surface area contributed by atoms with Gasteiger partial charge in [0.05, 0.1) is 10.6 Å². The first kappa shape index (κ1) is 12.0. The van der Waals surface area contributed by atoms with E-state index in [4.69, 9.17) is 11.6 Å². The van der Waals surface area contributed by atoms with Gasteiger partial charge in [-0.15, -0.1) is 0 Å². The maximum Gasteiger partial charge on any atom is 0.417 e. The van der Waals surface area contributed by atoms with E-state index in [1.54, 1.807) is 6.92 Å². The Morgan fingerprint density at radius 2 is 2.00 bits per heavy atom. The van der Waals surface area contributed by atoms with Gasteiger partial charge in [0, 0.05) is 12.0 Å². The number of Topliss-reactive ketones (excluding diaryl/α,β-unsaturated/α-hetero) is 1. The fourth-order valence-electron chi connectivity index (χ4n) is 1.12. The minimum Gasteiger partial charge on any atom is -0.294 e. The Bertz CT molecular complexity index is 385. The zero-order valence-electron chi connectivity index (χ0n) is 7.86. The van der Waals surface area contributed by atoms with Crippen LogP contribution >= 0.6 is 11.6 Å². The summed E-state index contributed by atoms with van der Waals surface area (Å²) in [5.74, 6) is -0.336. The number of alkyl halides is 3. The molecule has 0 saturated carbocycles. The van der Waals surface area contributed by atoms with Crippen LogP contribution in [0.4, 0.5) is 13.2 Å². The molecule has 0 N–H and O–H groups in total. The van der Waals surface area contributed by atoms with Crippen molar-refractivity contribution in [2.75, 3.05) is 0 Å². The van der Waals surface area contributed by atoms with Crippen LogP contribution in [0.5, 0.6) is 0 Å². The average molecular weight is 237 g/mol. The Kier molecular flexibility index (Phi) is 3.39. The highest BCUT2D eigenvalue weighted by Gasteiger charge is 2.33. The second kappa shape index (κ2) is 4.23. The molecule has 5 heteroatoms. The predicted molar refractivity (Wildman–Crippen MR) is 51.1 cm³/mol. The van der Waals surface area contributed by atoms with Crippen LogP contribution in [0.3, 0.4) is 0 Å². The SMILES string of the molecule is CCC(=O)c1ccc(Cl)c(C(F)(F)F)c1. The zero-order chi connectivity index (χ0) is 11.6. The lowest BCUT2D eigenvalue weighted by Crippen LogP contribution is -2.08. The van der Waals surface area contributed by atoms with Crippen LogP contribution in [0.15, 0.2) is 18.2 Å². The summed E-state index contributed by atoms with van der Waals surface area (Å²) in [5, 5.41) is -0.393. The van der Waals surface area contributed by atoms with Crippen LogP contribution in [0.2, 0.25) is 5.02 Å². The van der Waals surface area contributed by atoms with E-state index in [1.807, 2.05) is 0 Å². The first-order chi connectivity index (χ1) is 6.86. The van der Waals surface area contributed by atoms with Gasteiger partial charge in [-0.1, -0.05) is 18.5 Å². The average Bonchev–Trinajstić information content (AvgIpc) is 2.15. The normalized spacial score (nSPS) is 11.5. The summed E-state index contributed by atoms with van der Waals surface area (Å²) in [5.41, 5.74) is -0.933. The molecule has 0 unspecified atom stereocenters. The first-order valence-electron chi connectivity index (χ1n) is 4.26. The third-order valence-electron chi connectivity index (χ3n) is 1.91. The second-order valence-corrected chi connectivity index (χ2v) is 3.38. The van der Waals surface area contributed by atoms with Gasteiger partial charge in [-0.05, 0) is 18.2 Å². The molecule has 0 saturated heterocycles. The Labute approximate surface area is 89.9 Å². The number of ketones is 1. The van der Waals surface area contributed by atoms with E-state index in [9.17, 15) is 18.0 Å². The number of carbonyl (C=O) groups is 1. The molecule has 0 amide bonds. The van der Waals surface area contributed by atoms with Gasteiger partial charge in [0.25, 0.3) is 0 Å². The predicted octanol–water partition coefficient (Wildman–Crippen LogP) is 3.95. The highest BCUT2D eigenvalue weighted by molar-refractivity contribution is 6.31. The molecule has 82 valence electrons. The van der Waals surface area contributed by atoms with Gasteiger partial charge in [-0.2, -0.15) is 13.2 Å². The lowest BCUT2D eigenvalue weighted by atomic mass is 10.1. The summed E-state index contributed by atoms with van der Waals surface area (Å²) in [6.07, 6.45) is -4.36. The Balaban J connectivity index is 3.23. The largest absolute Gasteiger partial charge is 0.417 e. The van der Waals surface area contributed by atoms with E-state index in [-0.39, 0.29) is 17.8 Å². The molecule has 15 heavy (non-hydrogen) atoms. The Hall–Kier alpha value is -1.03. The van der Waals surface area contributed by atoms with Crippen LogP contribution in [0.1, 0.15) is 29.3 Å². The topological polar surface area (TPSA) is 17.1 Å².